The first-order valence-electron chi connectivity index (χ1n) is 2.64. The number of hydrogen-bond acceptors (Lipinski definition) is 3. The van der Waals surface area contributed by atoms with Crippen LogP contribution in [-0.4, -0.2) is 8.75 Å². The van der Waals surface area contributed by atoms with Gasteiger partial charge in [-0.25, -0.2) is 0 Å². The van der Waals surface area contributed by atoms with Gasteiger partial charge in [0.2, 0.25) is 0 Å². The highest BCUT2D eigenvalue weighted by Gasteiger charge is 1.78. The summed E-state index contributed by atoms with van der Waals surface area (Å²) in [6.07, 6.45) is 1.74. The summed E-state index contributed by atoms with van der Waals surface area (Å²) in [6, 6.07) is 0. The van der Waals surface area contributed by atoms with E-state index in [9.17, 15) is 0 Å². The molecule has 0 aromatic carbocycles. The number of hydrogen-bond donors (Lipinski definition) is 0. The topological polar surface area (TPSA) is 25.8 Å². The highest BCUT2D eigenvalue weighted by Crippen LogP contribution is 1.87. The van der Waals surface area contributed by atoms with Gasteiger partial charge in [-0.1, -0.05) is 13.8 Å². The molecule has 0 atom stereocenters. The van der Waals surface area contributed by atoms with Gasteiger partial charge in [0.05, 0.1) is 23.6 Å². The Morgan fingerprint density at radius 2 is 2.12 bits per heavy atom. The van der Waals surface area contributed by atoms with Gasteiger partial charge in [0.1, 0.15) is 0 Å². The highest BCUT2D eigenvalue weighted by molar-refractivity contribution is 6.99. The second kappa shape index (κ2) is 4.71. The Morgan fingerprint density at radius 3 is 2.25 bits per heavy atom. The van der Waals surface area contributed by atoms with Crippen molar-refractivity contribution in [2.75, 3.05) is 0 Å². The van der Waals surface area contributed by atoms with Gasteiger partial charge in [0.25, 0.3) is 0 Å². The molecular weight excluding hydrogens is 120 g/mol. The van der Waals surface area contributed by atoms with Crippen LogP contribution in [0.2, 0.25) is 0 Å². The molecule has 46 valence electrons. The van der Waals surface area contributed by atoms with Gasteiger partial charge in [-0.2, -0.15) is 8.75 Å². The van der Waals surface area contributed by atoms with Gasteiger partial charge in [-0.3, -0.25) is 0 Å². The molecule has 2 nitrogen and oxygen atoms in total. The van der Waals surface area contributed by atoms with Crippen LogP contribution in [0.4, 0.5) is 0 Å². The predicted molar refractivity (Wildman–Crippen MR) is 36.0 cm³/mol. The molecule has 0 aliphatic rings. The number of nitrogens with zero attached hydrogens (tertiary/aromatic N) is 2. The van der Waals surface area contributed by atoms with E-state index < -0.39 is 0 Å². The lowest BCUT2D eigenvalue weighted by molar-refractivity contribution is 1.33. The molecule has 0 saturated carbocycles. The summed E-state index contributed by atoms with van der Waals surface area (Å²) < 4.78 is 7.60. The molecule has 0 spiro atoms. The fraction of sp³-hybridized carbons (Fsp3) is 0.600. The molecular formula is C5H10N2S. The molecule has 3 heteroatoms. The minimum Gasteiger partial charge on any atom is -0.181 e. The average Bonchev–Trinajstić information content (AvgIpc) is 2.24. The second-order valence-electron chi connectivity index (χ2n) is 1.05. The molecule has 0 N–H and O–H groups in total. The summed E-state index contributed by atoms with van der Waals surface area (Å²) in [4.78, 5) is 0. The summed E-state index contributed by atoms with van der Waals surface area (Å²) in [7, 11) is 0. The first-order chi connectivity index (χ1) is 3.89. The largest absolute Gasteiger partial charge is 0.181 e. The Kier molecular flexibility index (Phi) is 4.45. The van der Waals surface area contributed by atoms with Crippen molar-refractivity contribution in [3.8, 4) is 0 Å². The quantitative estimate of drug-likeness (QED) is 0.536. The lowest BCUT2D eigenvalue weighted by atomic mass is 10.6. The third-order valence-corrected chi connectivity index (χ3v) is 1.04. The van der Waals surface area contributed by atoms with E-state index in [0.29, 0.717) is 0 Å². The van der Waals surface area contributed by atoms with E-state index in [0.717, 1.165) is 5.69 Å². The molecule has 0 aliphatic carbocycles. The van der Waals surface area contributed by atoms with E-state index >= 15 is 0 Å². The van der Waals surface area contributed by atoms with Gasteiger partial charge in [-0.05, 0) is 6.92 Å². The van der Waals surface area contributed by atoms with Crippen LogP contribution in [0.5, 0.6) is 0 Å². The fourth-order valence-electron chi connectivity index (χ4n) is 0.211. The molecule has 0 amide bonds. The summed E-state index contributed by atoms with van der Waals surface area (Å²) in [5.74, 6) is 0. The van der Waals surface area contributed by atoms with E-state index in [2.05, 4.69) is 8.75 Å². The second-order valence-corrected chi connectivity index (χ2v) is 1.61. The van der Waals surface area contributed by atoms with Gasteiger partial charge < -0.3 is 0 Å². The van der Waals surface area contributed by atoms with Crippen LogP contribution < -0.4 is 0 Å². The molecule has 1 aromatic rings. The number of aryl methyl sites for hydroxylation is 1. The molecule has 1 aromatic heterocycles. The normalized spacial score (nSPS) is 7.38. The zero-order chi connectivity index (χ0) is 6.41. The summed E-state index contributed by atoms with van der Waals surface area (Å²) in [5, 5.41) is 0. The summed E-state index contributed by atoms with van der Waals surface area (Å²) in [6.45, 7) is 5.92. The van der Waals surface area contributed by atoms with Crippen LogP contribution in [0.3, 0.4) is 0 Å². The van der Waals surface area contributed by atoms with E-state index in [1.54, 1.807) is 6.20 Å². The van der Waals surface area contributed by atoms with Crippen LogP contribution >= 0.6 is 11.7 Å². The van der Waals surface area contributed by atoms with Crippen molar-refractivity contribution < 1.29 is 0 Å². The van der Waals surface area contributed by atoms with Crippen LogP contribution in [0.25, 0.3) is 0 Å². The fourth-order valence-corrected chi connectivity index (χ4v) is 0.634. The maximum Gasteiger partial charge on any atom is 0.0712 e. The van der Waals surface area contributed by atoms with Crippen molar-refractivity contribution in [1.82, 2.24) is 8.75 Å². The van der Waals surface area contributed by atoms with Gasteiger partial charge >= 0.3 is 0 Å². The van der Waals surface area contributed by atoms with Crippen molar-refractivity contribution >= 4 is 11.7 Å². The molecule has 1 rings (SSSR count). The van der Waals surface area contributed by atoms with Crippen LogP contribution in [0, 0.1) is 6.92 Å². The van der Waals surface area contributed by atoms with Crippen LogP contribution in [-0.2, 0) is 0 Å². The molecule has 0 saturated heterocycles. The lowest BCUT2D eigenvalue weighted by Crippen LogP contribution is -1.58. The lowest BCUT2D eigenvalue weighted by Gasteiger charge is -1.61. The Balaban J connectivity index is 0.000000222. The number of aromatic nitrogens is 2. The third-order valence-electron chi connectivity index (χ3n) is 0.471. The van der Waals surface area contributed by atoms with E-state index in [1.165, 1.54) is 11.7 Å². The SMILES string of the molecule is CC.Cc1cnsn1. The van der Waals surface area contributed by atoms with Crippen LogP contribution in [0.15, 0.2) is 6.20 Å². The standard InChI is InChI=1S/C3H4N2S.C2H6/c1-3-2-4-6-5-3;1-2/h2H,1H3;1-2H3. The molecule has 0 radical (unpaired) electrons. The van der Waals surface area contributed by atoms with E-state index in [1.807, 2.05) is 20.8 Å². The van der Waals surface area contributed by atoms with E-state index in [-0.39, 0.29) is 0 Å². The van der Waals surface area contributed by atoms with Crippen molar-refractivity contribution in [2.45, 2.75) is 20.8 Å². The van der Waals surface area contributed by atoms with Crippen molar-refractivity contribution in [3.05, 3.63) is 11.9 Å². The Bertz CT molecular complexity index is 114. The molecule has 0 unspecified atom stereocenters. The first-order valence-corrected chi connectivity index (χ1v) is 3.37. The third kappa shape index (κ3) is 2.69. The minimum absolute atomic E-state index is 1.00. The van der Waals surface area contributed by atoms with Crippen molar-refractivity contribution in [2.24, 2.45) is 0 Å². The monoisotopic (exact) mass is 130 g/mol. The van der Waals surface area contributed by atoms with Crippen LogP contribution in [0.1, 0.15) is 19.5 Å². The van der Waals surface area contributed by atoms with Crippen molar-refractivity contribution in [1.29, 1.82) is 0 Å². The smallest absolute Gasteiger partial charge is 0.0712 e. The molecule has 8 heavy (non-hydrogen) atoms. The van der Waals surface area contributed by atoms with Gasteiger partial charge in [-0.15, -0.1) is 0 Å². The van der Waals surface area contributed by atoms with Gasteiger partial charge in [0, 0.05) is 0 Å². The molecule has 0 fully saturated rings. The maximum atomic E-state index is 3.85. The Hall–Kier alpha value is -0.440. The first kappa shape index (κ1) is 7.56. The van der Waals surface area contributed by atoms with E-state index in [4.69, 9.17) is 0 Å². The zero-order valence-electron chi connectivity index (χ0n) is 5.38. The Morgan fingerprint density at radius 1 is 1.50 bits per heavy atom. The summed E-state index contributed by atoms with van der Waals surface area (Å²) >= 11 is 1.24. The average molecular weight is 130 g/mol. The predicted octanol–water partition coefficient (Wildman–Crippen LogP) is 1.87. The molecule has 0 aliphatic heterocycles. The summed E-state index contributed by atoms with van der Waals surface area (Å²) in [5.41, 5.74) is 1.00. The zero-order valence-corrected chi connectivity index (χ0v) is 6.20. The van der Waals surface area contributed by atoms with Crippen molar-refractivity contribution in [3.63, 3.8) is 0 Å². The Labute approximate surface area is 53.9 Å². The molecule has 1 heterocycles. The molecule has 0 bridgehead atoms. The van der Waals surface area contributed by atoms with Gasteiger partial charge in [0.15, 0.2) is 0 Å². The minimum atomic E-state index is 1.00. The maximum absolute atomic E-state index is 3.85. The highest BCUT2D eigenvalue weighted by atomic mass is 32.1. The number of rotatable bonds is 0.